The second kappa shape index (κ2) is 7.21. The van der Waals surface area contributed by atoms with Crippen molar-refractivity contribution in [2.24, 2.45) is 5.92 Å². The first kappa shape index (κ1) is 16.8. The van der Waals surface area contributed by atoms with E-state index in [0.29, 0.717) is 51.9 Å². The number of amides is 2. The second-order valence-corrected chi connectivity index (χ2v) is 6.02. The maximum absolute atomic E-state index is 13.7. The minimum atomic E-state index is -0.972. The Balaban J connectivity index is 1.64. The van der Waals surface area contributed by atoms with E-state index in [-0.39, 0.29) is 17.5 Å². The van der Waals surface area contributed by atoms with Gasteiger partial charge in [-0.3, -0.25) is 9.59 Å². The molecule has 0 radical (unpaired) electrons. The molecule has 0 aliphatic carbocycles. The lowest BCUT2D eigenvalue weighted by Crippen LogP contribution is -2.40. The number of ether oxygens (including phenoxy) is 1. The quantitative estimate of drug-likeness (QED) is 0.809. The number of carbonyl (C=O) groups excluding carboxylic acids is 2. The zero-order valence-corrected chi connectivity index (χ0v) is 13.2. The number of carbonyl (C=O) groups is 2. The van der Waals surface area contributed by atoms with Gasteiger partial charge in [0.15, 0.2) is 11.5 Å². The first-order valence-electron chi connectivity index (χ1n) is 8.03. The van der Waals surface area contributed by atoms with Crippen molar-refractivity contribution in [3.05, 3.63) is 29.6 Å². The fourth-order valence-electron chi connectivity index (χ4n) is 3.05. The normalized spacial score (nSPS) is 21.7. The van der Waals surface area contributed by atoms with Gasteiger partial charge in [0.2, 0.25) is 5.91 Å². The van der Waals surface area contributed by atoms with Crippen molar-refractivity contribution in [1.82, 2.24) is 14.8 Å². The van der Waals surface area contributed by atoms with Crippen molar-refractivity contribution in [2.45, 2.75) is 12.8 Å². The van der Waals surface area contributed by atoms with Crippen LogP contribution in [0.2, 0.25) is 0 Å². The van der Waals surface area contributed by atoms with Crippen molar-refractivity contribution in [3.63, 3.8) is 0 Å². The van der Waals surface area contributed by atoms with Gasteiger partial charge in [-0.2, -0.15) is 0 Å². The van der Waals surface area contributed by atoms with Crippen LogP contribution < -0.4 is 0 Å². The van der Waals surface area contributed by atoms with E-state index in [1.165, 1.54) is 4.90 Å². The number of hydrogen-bond donors (Lipinski definition) is 0. The first-order valence-corrected chi connectivity index (χ1v) is 8.03. The van der Waals surface area contributed by atoms with E-state index in [1.54, 1.807) is 4.90 Å². The Hall–Kier alpha value is -2.09. The van der Waals surface area contributed by atoms with E-state index in [9.17, 15) is 18.4 Å². The standard InChI is InChI=1S/C16H19F2N3O3/c17-12-8-13(18)14(19-9-12)16(23)21-4-1-3-20(5-6-21)15(22)11-2-7-24-10-11/h8-9,11H,1-7,10H2. The Morgan fingerprint density at radius 2 is 1.92 bits per heavy atom. The summed E-state index contributed by atoms with van der Waals surface area (Å²) in [6.45, 7) is 2.70. The van der Waals surface area contributed by atoms with Gasteiger partial charge in [0.25, 0.3) is 5.91 Å². The van der Waals surface area contributed by atoms with Crippen LogP contribution in [0.25, 0.3) is 0 Å². The van der Waals surface area contributed by atoms with E-state index in [0.717, 1.165) is 12.6 Å². The van der Waals surface area contributed by atoms with Crippen molar-refractivity contribution in [2.75, 3.05) is 39.4 Å². The molecule has 1 aromatic rings. The van der Waals surface area contributed by atoms with Gasteiger partial charge in [-0.1, -0.05) is 0 Å². The average Bonchev–Trinajstić information content (AvgIpc) is 2.98. The minimum absolute atomic E-state index is 0.0490. The average molecular weight is 339 g/mol. The Bertz CT molecular complexity index is 635. The van der Waals surface area contributed by atoms with Gasteiger partial charge in [0, 0.05) is 38.9 Å². The summed E-state index contributed by atoms with van der Waals surface area (Å²) in [6, 6.07) is 0.647. The predicted octanol–water partition coefficient (Wildman–Crippen LogP) is 1.07. The van der Waals surface area contributed by atoms with Gasteiger partial charge >= 0.3 is 0 Å². The molecular weight excluding hydrogens is 320 g/mol. The van der Waals surface area contributed by atoms with Gasteiger partial charge in [-0.05, 0) is 12.8 Å². The molecule has 8 heteroatoms. The molecule has 2 aliphatic rings. The van der Waals surface area contributed by atoms with Gasteiger partial charge in [0.1, 0.15) is 5.82 Å². The Labute approximate surface area is 138 Å². The molecule has 0 aromatic carbocycles. The number of aromatic nitrogens is 1. The fourth-order valence-corrected chi connectivity index (χ4v) is 3.05. The highest BCUT2D eigenvalue weighted by molar-refractivity contribution is 5.92. The number of rotatable bonds is 2. The highest BCUT2D eigenvalue weighted by Gasteiger charge is 2.30. The molecule has 2 fully saturated rings. The molecular formula is C16H19F2N3O3. The van der Waals surface area contributed by atoms with E-state index in [1.807, 2.05) is 0 Å². The van der Waals surface area contributed by atoms with Crippen LogP contribution in [0.3, 0.4) is 0 Å². The maximum Gasteiger partial charge on any atom is 0.275 e. The van der Waals surface area contributed by atoms with Gasteiger partial charge < -0.3 is 14.5 Å². The summed E-state index contributed by atoms with van der Waals surface area (Å²) in [4.78, 5) is 31.6. The predicted molar refractivity (Wildman–Crippen MR) is 80.2 cm³/mol. The van der Waals surface area contributed by atoms with Crippen molar-refractivity contribution in [1.29, 1.82) is 0 Å². The fraction of sp³-hybridized carbons (Fsp3) is 0.562. The summed E-state index contributed by atoms with van der Waals surface area (Å²) in [5.41, 5.74) is -0.389. The summed E-state index contributed by atoms with van der Waals surface area (Å²) in [5.74, 6) is -2.43. The molecule has 1 aromatic heterocycles. The molecule has 3 rings (SSSR count). The number of pyridine rings is 1. The lowest BCUT2D eigenvalue weighted by atomic mass is 10.1. The zero-order valence-electron chi connectivity index (χ0n) is 13.2. The summed E-state index contributed by atoms with van der Waals surface area (Å²) in [5, 5.41) is 0. The van der Waals surface area contributed by atoms with Crippen LogP contribution in [0.5, 0.6) is 0 Å². The van der Waals surface area contributed by atoms with E-state index < -0.39 is 17.5 Å². The first-order chi connectivity index (χ1) is 11.6. The van der Waals surface area contributed by atoms with Crippen LogP contribution in [0, 0.1) is 17.6 Å². The molecule has 24 heavy (non-hydrogen) atoms. The van der Waals surface area contributed by atoms with Gasteiger partial charge in [-0.25, -0.2) is 13.8 Å². The molecule has 2 amide bonds. The van der Waals surface area contributed by atoms with Gasteiger partial charge in [-0.15, -0.1) is 0 Å². The highest BCUT2D eigenvalue weighted by Crippen LogP contribution is 2.18. The Morgan fingerprint density at radius 3 is 2.62 bits per heavy atom. The molecule has 1 atom stereocenters. The van der Waals surface area contributed by atoms with Crippen LogP contribution in [0.4, 0.5) is 8.78 Å². The van der Waals surface area contributed by atoms with Crippen LogP contribution in [0.15, 0.2) is 12.3 Å². The third-order valence-corrected chi connectivity index (χ3v) is 4.38. The van der Waals surface area contributed by atoms with Gasteiger partial charge in [0.05, 0.1) is 18.7 Å². The number of hydrogen-bond acceptors (Lipinski definition) is 4. The summed E-state index contributed by atoms with van der Waals surface area (Å²) in [7, 11) is 0. The molecule has 0 N–H and O–H groups in total. The second-order valence-electron chi connectivity index (χ2n) is 6.02. The maximum atomic E-state index is 13.7. The third-order valence-electron chi connectivity index (χ3n) is 4.38. The molecule has 0 spiro atoms. The summed E-state index contributed by atoms with van der Waals surface area (Å²) in [6.07, 6.45) is 2.15. The van der Waals surface area contributed by atoms with Crippen molar-refractivity contribution < 1.29 is 23.1 Å². The Kier molecular flexibility index (Phi) is 5.03. The number of nitrogens with zero attached hydrogens (tertiary/aromatic N) is 3. The monoisotopic (exact) mass is 339 g/mol. The van der Waals surface area contributed by atoms with E-state index >= 15 is 0 Å². The van der Waals surface area contributed by atoms with Crippen molar-refractivity contribution >= 4 is 11.8 Å². The summed E-state index contributed by atoms with van der Waals surface area (Å²) >= 11 is 0. The number of halogens is 2. The topological polar surface area (TPSA) is 62.7 Å². The zero-order chi connectivity index (χ0) is 17.1. The molecule has 1 unspecified atom stereocenters. The molecule has 2 saturated heterocycles. The lowest BCUT2D eigenvalue weighted by Gasteiger charge is -2.24. The van der Waals surface area contributed by atoms with Crippen LogP contribution >= 0.6 is 0 Å². The van der Waals surface area contributed by atoms with Crippen LogP contribution in [0.1, 0.15) is 23.3 Å². The smallest absolute Gasteiger partial charge is 0.275 e. The Morgan fingerprint density at radius 1 is 1.17 bits per heavy atom. The SMILES string of the molecule is O=C(c1ncc(F)cc1F)N1CCCN(C(=O)C2CCOC2)CC1. The lowest BCUT2D eigenvalue weighted by molar-refractivity contribution is -0.135. The third kappa shape index (κ3) is 3.53. The molecule has 0 saturated carbocycles. The van der Waals surface area contributed by atoms with Crippen LogP contribution in [-0.2, 0) is 9.53 Å². The molecule has 2 aliphatic heterocycles. The van der Waals surface area contributed by atoms with E-state index in [2.05, 4.69) is 4.98 Å². The summed E-state index contributed by atoms with van der Waals surface area (Å²) < 4.78 is 31.9. The molecule has 3 heterocycles. The largest absolute Gasteiger partial charge is 0.381 e. The molecule has 0 bridgehead atoms. The van der Waals surface area contributed by atoms with Crippen LogP contribution in [-0.4, -0.2) is 66.0 Å². The van der Waals surface area contributed by atoms with E-state index in [4.69, 9.17) is 4.74 Å². The molecule has 6 nitrogen and oxygen atoms in total. The highest BCUT2D eigenvalue weighted by atomic mass is 19.1. The molecule has 130 valence electrons. The van der Waals surface area contributed by atoms with Crippen molar-refractivity contribution in [3.8, 4) is 0 Å². The minimum Gasteiger partial charge on any atom is -0.381 e.